The molecule has 1 rings (SSSR count). The summed E-state index contributed by atoms with van der Waals surface area (Å²) in [4.78, 5) is 0. The van der Waals surface area contributed by atoms with Crippen molar-refractivity contribution in [2.45, 2.75) is 0 Å². The van der Waals surface area contributed by atoms with Crippen LogP contribution in [-0.2, 0) is 0 Å². The third-order valence-electron chi connectivity index (χ3n) is 1.14. The van der Waals surface area contributed by atoms with Gasteiger partial charge >= 0.3 is 0 Å². The predicted octanol–water partition coefficient (Wildman–Crippen LogP) is 0.341. The Hall–Kier alpha value is -1.06. The molecule has 0 saturated heterocycles. The molecule has 1 aromatic rings. The summed E-state index contributed by atoms with van der Waals surface area (Å²) in [6.07, 6.45) is 0. The van der Waals surface area contributed by atoms with Crippen molar-refractivity contribution < 1.29 is 8.78 Å². The van der Waals surface area contributed by atoms with Crippen molar-refractivity contribution in [3.05, 3.63) is 23.8 Å². The Labute approximate surface area is 58.3 Å². The monoisotopic (exact) mass is 139 g/mol. The van der Waals surface area contributed by atoms with E-state index in [1.165, 1.54) is 12.1 Å². The number of nitrogen functional groups attached to an aromatic ring is 1. The molecular formula is C6H4BF2N. The standard InChI is InChI=1S/C6H4BF2N/c7-3-1-2-4(10)6(9)5(3)8/h1-2H,10H2. The van der Waals surface area contributed by atoms with Crippen molar-refractivity contribution in [2.75, 3.05) is 5.73 Å². The van der Waals surface area contributed by atoms with Gasteiger partial charge < -0.3 is 5.73 Å². The van der Waals surface area contributed by atoms with Crippen LogP contribution in [0, 0.1) is 11.6 Å². The minimum Gasteiger partial charge on any atom is -0.396 e. The molecule has 0 aromatic heterocycles. The van der Waals surface area contributed by atoms with Gasteiger partial charge in [-0.15, -0.1) is 0 Å². The second-order valence-corrected chi connectivity index (χ2v) is 1.87. The molecule has 0 fully saturated rings. The molecule has 0 amide bonds. The molecule has 1 nitrogen and oxygen atoms in total. The summed E-state index contributed by atoms with van der Waals surface area (Å²) in [6.45, 7) is 0. The van der Waals surface area contributed by atoms with Gasteiger partial charge in [0, 0.05) is 0 Å². The molecule has 0 spiro atoms. The maximum Gasteiger partial charge on any atom is 0.181 e. The van der Waals surface area contributed by atoms with E-state index < -0.39 is 11.6 Å². The first-order chi connectivity index (χ1) is 4.63. The molecule has 0 aliphatic heterocycles. The average molecular weight is 139 g/mol. The SMILES string of the molecule is [B]c1ccc(N)c(F)c1F. The zero-order valence-corrected chi connectivity index (χ0v) is 5.07. The molecule has 0 heterocycles. The number of halogens is 2. The van der Waals surface area contributed by atoms with Crippen LogP contribution in [0.15, 0.2) is 12.1 Å². The molecule has 2 N–H and O–H groups in total. The second kappa shape index (κ2) is 2.29. The van der Waals surface area contributed by atoms with E-state index >= 15 is 0 Å². The second-order valence-electron chi connectivity index (χ2n) is 1.87. The number of anilines is 1. The lowest BCUT2D eigenvalue weighted by Gasteiger charge is -1.99. The third-order valence-corrected chi connectivity index (χ3v) is 1.14. The Balaban J connectivity index is 3.34. The molecular weight excluding hydrogens is 135 g/mol. The van der Waals surface area contributed by atoms with Gasteiger partial charge in [-0.05, 0) is 6.07 Å². The van der Waals surface area contributed by atoms with Gasteiger partial charge in [0.1, 0.15) is 7.85 Å². The number of benzene rings is 1. The van der Waals surface area contributed by atoms with Gasteiger partial charge in [-0.3, -0.25) is 0 Å². The van der Waals surface area contributed by atoms with E-state index in [9.17, 15) is 8.78 Å². The molecule has 0 bridgehead atoms. The molecule has 10 heavy (non-hydrogen) atoms. The fourth-order valence-electron chi connectivity index (χ4n) is 0.579. The van der Waals surface area contributed by atoms with Gasteiger partial charge in [-0.1, -0.05) is 11.5 Å². The molecule has 0 aliphatic carbocycles. The Kier molecular flexibility index (Phi) is 1.61. The van der Waals surface area contributed by atoms with Crippen molar-refractivity contribution >= 4 is 19.0 Å². The van der Waals surface area contributed by atoms with E-state index in [4.69, 9.17) is 13.6 Å². The molecule has 1 aromatic carbocycles. The van der Waals surface area contributed by atoms with Crippen LogP contribution in [0.2, 0.25) is 0 Å². The Morgan fingerprint density at radius 1 is 1.20 bits per heavy atom. The molecule has 0 saturated carbocycles. The maximum absolute atomic E-state index is 12.4. The summed E-state index contributed by atoms with van der Waals surface area (Å²) in [5, 5.41) is 0. The predicted molar refractivity (Wildman–Crippen MR) is 36.2 cm³/mol. The first-order valence-electron chi connectivity index (χ1n) is 2.62. The molecule has 4 heteroatoms. The lowest BCUT2D eigenvalue weighted by Crippen LogP contribution is -2.11. The quantitative estimate of drug-likeness (QED) is 0.407. The summed E-state index contributed by atoms with van der Waals surface area (Å²) >= 11 is 0. The lowest BCUT2D eigenvalue weighted by atomic mass is 9.95. The number of nitrogens with two attached hydrogens (primary N) is 1. The van der Waals surface area contributed by atoms with E-state index in [1.807, 2.05) is 0 Å². The van der Waals surface area contributed by atoms with Gasteiger partial charge in [0.05, 0.1) is 5.69 Å². The first-order valence-corrected chi connectivity index (χ1v) is 2.62. The summed E-state index contributed by atoms with van der Waals surface area (Å²) in [6, 6.07) is 2.43. The van der Waals surface area contributed by atoms with E-state index in [0.29, 0.717) is 0 Å². The summed E-state index contributed by atoms with van der Waals surface area (Å²) in [5.74, 6) is -2.17. The zero-order valence-electron chi connectivity index (χ0n) is 5.07. The maximum atomic E-state index is 12.4. The van der Waals surface area contributed by atoms with Crippen molar-refractivity contribution in [1.29, 1.82) is 0 Å². The minimum absolute atomic E-state index is 0.230. The fourth-order valence-corrected chi connectivity index (χ4v) is 0.579. The Morgan fingerprint density at radius 2 is 1.80 bits per heavy atom. The van der Waals surface area contributed by atoms with Gasteiger partial charge in [0.15, 0.2) is 11.6 Å². The van der Waals surface area contributed by atoms with Crippen LogP contribution in [0.4, 0.5) is 14.5 Å². The van der Waals surface area contributed by atoms with Crippen LogP contribution >= 0.6 is 0 Å². The molecule has 0 atom stereocenters. The topological polar surface area (TPSA) is 26.0 Å². The molecule has 0 unspecified atom stereocenters. The highest BCUT2D eigenvalue weighted by molar-refractivity contribution is 6.32. The van der Waals surface area contributed by atoms with E-state index in [1.54, 1.807) is 0 Å². The summed E-state index contributed by atoms with van der Waals surface area (Å²) in [5.41, 5.74) is 4.56. The van der Waals surface area contributed by atoms with Crippen LogP contribution in [0.3, 0.4) is 0 Å². The average Bonchev–Trinajstić information content (AvgIpc) is 1.93. The first kappa shape index (κ1) is 7.06. The largest absolute Gasteiger partial charge is 0.396 e. The third kappa shape index (κ3) is 0.965. The molecule has 50 valence electrons. The van der Waals surface area contributed by atoms with E-state index in [2.05, 4.69) is 0 Å². The van der Waals surface area contributed by atoms with Crippen molar-refractivity contribution in [3.63, 3.8) is 0 Å². The number of rotatable bonds is 0. The van der Waals surface area contributed by atoms with Gasteiger partial charge in [0.2, 0.25) is 0 Å². The number of hydrogen-bond acceptors (Lipinski definition) is 1. The van der Waals surface area contributed by atoms with Gasteiger partial charge in [-0.25, -0.2) is 8.78 Å². The van der Waals surface area contributed by atoms with Crippen LogP contribution < -0.4 is 11.2 Å². The zero-order chi connectivity index (χ0) is 7.72. The number of hydrogen-bond donors (Lipinski definition) is 1. The van der Waals surface area contributed by atoms with Gasteiger partial charge in [0.25, 0.3) is 0 Å². The van der Waals surface area contributed by atoms with E-state index in [0.717, 1.165) is 0 Å². The highest BCUT2D eigenvalue weighted by Crippen LogP contribution is 2.09. The molecule has 0 aliphatic rings. The highest BCUT2D eigenvalue weighted by atomic mass is 19.2. The summed E-state index contributed by atoms with van der Waals surface area (Å²) in [7, 11) is 5.02. The van der Waals surface area contributed by atoms with Crippen LogP contribution in [0.1, 0.15) is 0 Å². The molecule has 2 radical (unpaired) electrons. The van der Waals surface area contributed by atoms with E-state index in [-0.39, 0.29) is 11.2 Å². The summed E-state index contributed by atoms with van der Waals surface area (Å²) < 4.78 is 24.8. The smallest absolute Gasteiger partial charge is 0.181 e. The van der Waals surface area contributed by atoms with Crippen LogP contribution in [0.25, 0.3) is 0 Å². The van der Waals surface area contributed by atoms with Crippen LogP contribution in [-0.4, -0.2) is 7.85 Å². The highest BCUT2D eigenvalue weighted by Gasteiger charge is 2.06. The van der Waals surface area contributed by atoms with Crippen molar-refractivity contribution in [2.24, 2.45) is 0 Å². The Bertz CT molecular complexity index is 235. The normalized spacial score (nSPS) is 9.80. The fraction of sp³-hybridized carbons (Fsp3) is 0. The Morgan fingerprint density at radius 3 is 2.30 bits per heavy atom. The van der Waals surface area contributed by atoms with Crippen molar-refractivity contribution in [3.8, 4) is 0 Å². The van der Waals surface area contributed by atoms with Crippen molar-refractivity contribution in [1.82, 2.24) is 0 Å². The lowest BCUT2D eigenvalue weighted by molar-refractivity contribution is 0.517. The minimum atomic E-state index is -1.08. The van der Waals surface area contributed by atoms with Gasteiger partial charge in [-0.2, -0.15) is 0 Å². The van der Waals surface area contributed by atoms with Crippen LogP contribution in [0.5, 0.6) is 0 Å².